The fraction of sp³-hybridized carbons (Fsp3) is 0.261. The van der Waals surface area contributed by atoms with Crippen LogP contribution in [0.25, 0.3) is 0 Å². The summed E-state index contributed by atoms with van der Waals surface area (Å²) < 4.78 is 0. The molecule has 3 aromatic rings. The van der Waals surface area contributed by atoms with Crippen molar-refractivity contribution in [1.82, 2.24) is 9.97 Å². The van der Waals surface area contributed by atoms with Crippen LogP contribution in [0.5, 0.6) is 0 Å². The van der Waals surface area contributed by atoms with Gasteiger partial charge in [-0.05, 0) is 36.2 Å². The third-order valence-corrected chi connectivity index (χ3v) is 5.24. The maximum Gasteiger partial charge on any atom is 0.324 e. The summed E-state index contributed by atoms with van der Waals surface area (Å²) in [7, 11) is 0. The van der Waals surface area contributed by atoms with E-state index >= 15 is 0 Å². The number of amides is 2. The Morgan fingerprint density at radius 1 is 0.900 bits per heavy atom. The van der Waals surface area contributed by atoms with Gasteiger partial charge in [-0.1, -0.05) is 37.3 Å². The van der Waals surface area contributed by atoms with E-state index in [1.165, 1.54) is 17.6 Å². The van der Waals surface area contributed by atoms with E-state index < -0.39 is 0 Å². The summed E-state index contributed by atoms with van der Waals surface area (Å²) >= 11 is 0. The van der Waals surface area contributed by atoms with Crippen molar-refractivity contribution in [3.63, 3.8) is 0 Å². The zero-order chi connectivity index (χ0) is 20.8. The van der Waals surface area contributed by atoms with Crippen LogP contribution in [0, 0.1) is 0 Å². The summed E-state index contributed by atoms with van der Waals surface area (Å²) in [6, 6.07) is 19.7. The lowest BCUT2D eigenvalue weighted by Gasteiger charge is -2.36. The van der Waals surface area contributed by atoms with Crippen LogP contribution in [-0.2, 0) is 6.42 Å². The minimum absolute atomic E-state index is 0.321. The quantitative estimate of drug-likeness (QED) is 0.675. The number of rotatable bonds is 5. The molecule has 1 fully saturated rings. The first-order chi connectivity index (χ1) is 14.7. The Labute approximate surface area is 176 Å². The van der Waals surface area contributed by atoms with Crippen molar-refractivity contribution in [2.75, 3.05) is 46.6 Å². The summed E-state index contributed by atoms with van der Waals surface area (Å²) in [4.78, 5) is 25.5. The number of anilines is 4. The predicted molar refractivity (Wildman–Crippen MR) is 121 cm³/mol. The molecule has 2 aromatic carbocycles. The number of nitrogens with zero attached hydrogens (tertiary/aromatic N) is 4. The summed E-state index contributed by atoms with van der Waals surface area (Å²) in [6.45, 7) is 5.67. The van der Waals surface area contributed by atoms with Gasteiger partial charge in [0, 0.05) is 43.6 Å². The molecule has 0 spiro atoms. The third kappa shape index (κ3) is 4.86. The monoisotopic (exact) mass is 402 g/mol. The third-order valence-electron chi connectivity index (χ3n) is 5.24. The first kappa shape index (κ1) is 19.7. The van der Waals surface area contributed by atoms with E-state index in [9.17, 15) is 4.79 Å². The highest BCUT2D eigenvalue weighted by molar-refractivity contribution is 5.99. The van der Waals surface area contributed by atoms with Crippen LogP contribution < -0.4 is 20.4 Å². The Morgan fingerprint density at radius 3 is 2.30 bits per heavy atom. The standard InChI is InChI=1S/C23H26N6O/c1-2-18-8-10-19(11-9-18)26-23(30)27-21-16-22(25-17-24-21)29-14-12-28(13-15-29)20-6-4-3-5-7-20/h3-11,16-17H,2,12-15H2,1H3,(H2,24,25,26,27,30). The number of aromatic nitrogens is 2. The van der Waals surface area contributed by atoms with Crippen LogP contribution in [0.3, 0.4) is 0 Å². The molecule has 1 aromatic heterocycles. The number of hydrogen-bond donors (Lipinski definition) is 2. The van der Waals surface area contributed by atoms with Crippen molar-refractivity contribution in [1.29, 1.82) is 0 Å². The fourth-order valence-electron chi connectivity index (χ4n) is 3.52. The molecule has 1 aliphatic rings. The van der Waals surface area contributed by atoms with Crippen LogP contribution in [0.4, 0.5) is 27.8 Å². The molecular weight excluding hydrogens is 376 g/mol. The summed E-state index contributed by atoms with van der Waals surface area (Å²) in [5, 5.41) is 5.63. The number of hydrogen-bond acceptors (Lipinski definition) is 5. The Bertz CT molecular complexity index is 968. The van der Waals surface area contributed by atoms with Gasteiger partial charge in [0.1, 0.15) is 18.0 Å². The smallest absolute Gasteiger partial charge is 0.324 e. The maximum atomic E-state index is 12.3. The highest BCUT2D eigenvalue weighted by Gasteiger charge is 2.19. The fourth-order valence-corrected chi connectivity index (χ4v) is 3.52. The highest BCUT2D eigenvalue weighted by Crippen LogP contribution is 2.20. The van der Waals surface area contributed by atoms with Crippen molar-refractivity contribution < 1.29 is 4.79 Å². The molecule has 1 aliphatic heterocycles. The number of nitrogens with one attached hydrogen (secondary N) is 2. The second-order valence-electron chi connectivity index (χ2n) is 7.20. The number of urea groups is 1. The molecule has 0 atom stereocenters. The van der Waals surface area contributed by atoms with Gasteiger partial charge in [-0.15, -0.1) is 0 Å². The molecule has 0 unspecified atom stereocenters. The Hall–Kier alpha value is -3.61. The number of para-hydroxylation sites is 1. The topological polar surface area (TPSA) is 73.4 Å². The summed E-state index contributed by atoms with van der Waals surface area (Å²) in [5.41, 5.74) is 3.22. The van der Waals surface area contributed by atoms with Crippen molar-refractivity contribution in [2.45, 2.75) is 13.3 Å². The largest absolute Gasteiger partial charge is 0.368 e. The zero-order valence-corrected chi connectivity index (χ0v) is 17.1. The highest BCUT2D eigenvalue weighted by atomic mass is 16.2. The number of benzene rings is 2. The van der Waals surface area contributed by atoms with Gasteiger partial charge in [-0.25, -0.2) is 14.8 Å². The number of piperazine rings is 1. The van der Waals surface area contributed by atoms with Crippen molar-refractivity contribution in [3.8, 4) is 0 Å². The van der Waals surface area contributed by atoms with Gasteiger partial charge in [0.05, 0.1) is 0 Å². The second-order valence-corrected chi connectivity index (χ2v) is 7.20. The van der Waals surface area contributed by atoms with E-state index in [1.54, 1.807) is 0 Å². The predicted octanol–water partition coefficient (Wildman–Crippen LogP) is 4.01. The lowest BCUT2D eigenvalue weighted by atomic mass is 10.1. The van der Waals surface area contributed by atoms with Gasteiger partial charge >= 0.3 is 6.03 Å². The number of aryl methyl sites for hydroxylation is 1. The molecule has 0 radical (unpaired) electrons. The van der Waals surface area contributed by atoms with Crippen molar-refractivity contribution in [2.24, 2.45) is 0 Å². The van der Waals surface area contributed by atoms with E-state index in [-0.39, 0.29) is 6.03 Å². The lowest BCUT2D eigenvalue weighted by Crippen LogP contribution is -2.46. The van der Waals surface area contributed by atoms with Gasteiger partial charge in [-0.3, -0.25) is 5.32 Å². The average Bonchev–Trinajstić information content (AvgIpc) is 2.80. The van der Waals surface area contributed by atoms with E-state index in [0.29, 0.717) is 5.82 Å². The Balaban J connectivity index is 1.34. The summed E-state index contributed by atoms with van der Waals surface area (Å²) in [5.74, 6) is 1.30. The summed E-state index contributed by atoms with van der Waals surface area (Å²) in [6.07, 6.45) is 2.46. The van der Waals surface area contributed by atoms with Crippen molar-refractivity contribution >= 4 is 29.0 Å². The molecule has 2 heterocycles. The van der Waals surface area contributed by atoms with Crippen LogP contribution >= 0.6 is 0 Å². The number of carbonyl (C=O) groups is 1. The minimum Gasteiger partial charge on any atom is -0.368 e. The molecular formula is C23H26N6O. The molecule has 7 heteroatoms. The van der Waals surface area contributed by atoms with Gasteiger partial charge < -0.3 is 15.1 Å². The first-order valence-corrected chi connectivity index (χ1v) is 10.2. The molecule has 154 valence electrons. The van der Waals surface area contributed by atoms with Gasteiger partial charge in [0.15, 0.2) is 0 Å². The zero-order valence-electron chi connectivity index (χ0n) is 17.1. The SMILES string of the molecule is CCc1ccc(NC(=O)Nc2cc(N3CCN(c4ccccc4)CC3)ncn2)cc1. The van der Waals surface area contributed by atoms with Crippen LogP contribution in [0.15, 0.2) is 67.0 Å². The van der Waals surface area contributed by atoms with Crippen LogP contribution in [-0.4, -0.2) is 42.2 Å². The van der Waals surface area contributed by atoms with E-state index in [0.717, 1.165) is 44.1 Å². The van der Waals surface area contributed by atoms with Gasteiger partial charge in [0.2, 0.25) is 0 Å². The molecule has 0 bridgehead atoms. The van der Waals surface area contributed by atoms with E-state index in [1.807, 2.05) is 36.4 Å². The lowest BCUT2D eigenvalue weighted by molar-refractivity contribution is 0.262. The average molecular weight is 403 g/mol. The molecule has 1 saturated heterocycles. The molecule has 0 aliphatic carbocycles. The maximum absolute atomic E-state index is 12.3. The second kappa shape index (κ2) is 9.26. The Kier molecular flexibility index (Phi) is 6.08. The molecule has 2 amide bonds. The van der Waals surface area contributed by atoms with Gasteiger partial charge in [-0.2, -0.15) is 0 Å². The molecule has 4 rings (SSSR count). The Morgan fingerprint density at radius 2 is 1.60 bits per heavy atom. The molecule has 2 N–H and O–H groups in total. The van der Waals surface area contributed by atoms with E-state index in [4.69, 9.17) is 0 Å². The van der Waals surface area contributed by atoms with Crippen LogP contribution in [0.1, 0.15) is 12.5 Å². The molecule has 0 saturated carbocycles. The van der Waals surface area contributed by atoms with Crippen LogP contribution in [0.2, 0.25) is 0 Å². The molecule has 7 nitrogen and oxygen atoms in total. The van der Waals surface area contributed by atoms with Gasteiger partial charge in [0.25, 0.3) is 0 Å². The normalized spacial score (nSPS) is 13.8. The minimum atomic E-state index is -0.321. The van der Waals surface area contributed by atoms with E-state index in [2.05, 4.69) is 61.6 Å². The first-order valence-electron chi connectivity index (χ1n) is 10.2. The van der Waals surface area contributed by atoms with Crippen molar-refractivity contribution in [3.05, 3.63) is 72.6 Å². The number of carbonyl (C=O) groups excluding carboxylic acids is 1. The molecule has 30 heavy (non-hydrogen) atoms.